The van der Waals surface area contributed by atoms with Crippen LogP contribution in [0.2, 0.25) is 0 Å². The molecule has 0 aromatic heterocycles. The van der Waals surface area contributed by atoms with Crippen molar-refractivity contribution in [3.05, 3.63) is 95.3 Å². The molecule has 0 saturated heterocycles. The summed E-state index contributed by atoms with van der Waals surface area (Å²) in [5.74, 6) is 2.43. The van der Waals surface area contributed by atoms with E-state index in [1.165, 1.54) is 6.26 Å². The number of allylic oxidation sites excluding steroid dienone is 1. The molecule has 2 aliphatic rings. The molecule has 0 spiro atoms. The first-order valence-electron chi connectivity index (χ1n) is 12.8. The molecule has 4 rings (SSSR count). The van der Waals surface area contributed by atoms with Crippen LogP contribution < -0.4 is 20.7 Å². The van der Waals surface area contributed by atoms with E-state index in [0.29, 0.717) is 25.5 Å². The summed E-state index contributed by atoms with van der Waals surface area (Å²) < 4.78 is 28.7. The van der Waals surface area contributed by atoms with E-state index in [0.717, 1.165) is 47.1 Å². The Morgan fingerprint density at radius 3 is 2.56 bits per heavy atom. The molecule has 2 aliphatic heterocycles. The van der Waals surface area contributed by atoms with Crippen LogP contribution in [0.5, 0.6) is 5.75 Å². The number of benzene rings is 2. The number of hydrogen-bond acceptors (Lipinski definition) is 10. The van der Waals surface area contributed by atoms with Crippen LogP contribution in [0.3, 0.4) is 0 Å². The topological polar surface area (TPSA) is 108 Å². The van der Waals surface area contributed by atoms with E-state index >= 15 is 0 Å². The van der Waals surface area contributed by atoms with Crippen LogP contribution in [0.4, 0.5) is 5.69 Å². The Balaban J connectivity index is 1.37. The van der Waals surface area contributed by atoms with Crippen molar-refractivity contribution >= 4 is 21.9 Å². The number of aliphatic imine (C=N–C) groups is 1. The van der Waals surface area contributed by atoms with Gasteiger partial charge in [-0.25, -0.2) is 18.5 Å². The van der Waals surface area contributed by atoms with Gasteiger partial charge >= 0.3 is 0 Å². The fourth-order valence-electron chi connectivity index (χ4n) is 3.97. The van der Waals surface area contributed by atoms with Gasteiger partial charge in [-0.05, 0) is 55.9 Å². The van der Waals surface area contributed by atoms with Gasteiger partial charge in [0, 0.05) is 30.6 Å². The first kappa shape index (κ1) is 28.2. The SMILES string of the molecule is CON1C=C2NC=NC(Nc3ccc(OCc4ccccc4)cc3)=C2C=C1NCCCN(C)CCS(C)(=O)=O. The Bertz CT molecular complexity index is 1340. The zero-order chi connectivity index (χ0) is 27.7. The smallest absolute Gasteiger partial charge is 0.148 e. The average Bonchev–Trinajstić information content (AvgIpc) is 2.94. The lowest BCUT2D eigenvalue weighted by atomic mass is 10.1. The Morgan fingerprint density at radius 1 is 1.08 bits per heavy atom. The van der Waals surface area contributed by atoms with Gasteiger partial charge in [-0.3, -0.25) is 4.84 Å². The van der Waals surface area contributed by atoms with Crippen molar-refractivity contribution < 1.29 is 18.0 Å². The minimum absolute atomic E-state index is 0.161. The van der Waals surface area contributed by atoms with E-state index in [1.807, 2.05) is 78.8 Å². The van der Waals surface area contributed by atoms with Crippen molar-refractivity contribution in [2.45, 2.75) is 13.0 Å². The van der Waals surface area contributed by atoms with Gasteiger partial charge in [0.05, 0.1) is 31.1 Å². The molecule has 3 N–H and O–H groups in total. The van der Waals surface area contributed by atoms with Gasteiger partial charge in [-0.1, -0.05) is 30.3 Å². The average molecular weight is 553 g/mol. The monoisotopic (exact) mass is 552 g/mol. The Hall–Kier alpha value is -3.80. The van der Waals surface area contributed by atoms with E-state index in [4.69, 9.17) is 9.57 Å². The molecule has 10 nitrogen and oxygen atoms in total. The highest BCUT2D eigenvalue weighted by atomic mass is 32.2. The van der Waals surface area contributed by atoms with Crippen LogP contribution in [0, 0.1) is 0 Å². The van der Waals surface area contributed by atoms with Gasteiger partial charge in [0.25, 0.3) is 0 Å². The summed E-state index contributed by atoms with van der Waals surface area (Å²) in [4.78, 5) is 12.1. The quantitative estimate of drug-likeness (QED) is 0.305. The highest BCUT2D eigenvalue weighted by Gasteiger charge is 2.22. The molecule has 0 unspecified atom stereocenters. The molecule has 2 aromatic carbocycles. The Kier molecular flexibility index (Phi) is 9.64. The number of nitrogens with zero attached hydrogens (tertiary/aromatic N) is 3. The first-order valence-corrected chi connectivity index (χ1v) is 14.8. The normalized spacial score (nSPS) is 14.9. The third-order valence-corrected chi connectivity index (χ3v) is 7.08. The molecule has 0 bridgehead atoms. The maximum absolute atomic E-state index is 11.4. The van der Waals surface area contributed by atoms with Crippen molar-refractivity contribution in [1.82, 2.24) is 20.6 Å². The molecule has 0 radical (unpaired) electrons. The number of ether oxygens (including phenoxy) is 1. The summed E-state index contributed by atoms with van der Waals surface area (Å²) in [7, 11) is 0.574. The lowest BCUT2D eigenvalue weighted by molar-refractivity contribution is -0.0642. The molecule has 0 amide bonds. The van der Waals surface area contributed by atoms with E-state index in [2.05, 4.69) is 20.9 Å². The fourth-order valence-corrected chi connectivity index (χ4v) is 4.62. The van der Waals surface area contributed by atoms with Crippen molar-refractivity contribution in [3.63, 3.8) is 0 Å². The molecular formula is C28H36N6O4S. The van der Waals surface area contributed by atoms with Crippen molar-refractivity contribution in [2.24, 2.45) is 4.99 Å². The van der Waals surface area contributed by atoms with E-state index in [1.54, 1.807) is 18.5 Å². The number of nitrogens with one attached hydrogen (secondary N) is 3. The summed E-state index contributed by atoms with van der Waals surface area (Å²) in [5, 5.41) is 11.7. The number of hydroxylamine groups is 2. The second-order valence-corrected chi connectivity index (χ2v) is 11.6. The summed E-state index contributed by atoms with van der Waals surface area (Å²) >= 11 is 0. The van der Waals surface area contributed by atoms with Gasteiger partial charge in [0.15, 0.2) is 0 Å². The molecule has 208 valence electrons. The van der Waals surface area contributed by atoms with E-state index in [-0.39, 0.29) is 5.75 Å². The van der Waals surface area contributed by atoms with Crippen molar-refractivity contribution in [1.29, 1.82) is 0 Å². The highest BCUT2D eigenvalue weighted by Crippen LogP contribution is 2.27. The van der Waals surface area contributed by atoms with Crippen LogP contribution in [0.15, 0.2) is 94.8 Å². The van der Waals surface area contributed by atoms with Crippen LogP contribution in [0.25, 0.3) is 0 Å². The predicted molar refractivity (Wildman–Crippen MR) is 154 cm³/mol. The molecule has 2 heterocycles. The molecule has 0 fully saturated rings. The lowest BCUT2D eigenvalue weighted by Crippen LogP contribution is -2.35. The molecule has 39 heavy (non-hydrogen) atoms. The number of sulfone groups is 1. The second kappa shape index (κ2) is 13.3. The maximum atomic E-state index is 11.4. The minimum Gasteiger partial charge on any atom is -0.489 e. The van der Waals surface area contributed by atoms with E-state index in [9.17, 15) is 8.42 Å². The van der Waals surface area contributed by atoms with Crippen LogP contribution in [-0.2, 0) is 21.3 Å². The number of rotatable bonds is 14. The van der Waals surface area contributed by atoms with Gasteiger partial charge in [-0.2, -0.15) is 0 Å². The first-order chi connectivity index (χ1) is 18.8. The standard InChI is InChI=1S/C28H36N6O4S/c1-33(16-17-39(3,35)36)15-7-14-29-27-18-25-26(19-34(27)37-2)30-21-31-28(25)32-23-10-12-24(13-11-23)38-20-22-8-5-4-6-9-22/h4-6,8-13,18-19,21,29,32H,7,14-17,20H2,1-3H3,(H,30,31). The van der Waals surface area contributed by atoms with Gasteiger partial charge in [0.2, 0.25) is 0 Å². The Labute approximate surface area is 230 Å². The summed E-state index contributed by atoms with van der Waals surface area (Å²) in [6.45, 7) is 2.50. The minimum atomic E-state index is -2.96. The molecule has 0 atom stereocenters. The van der Waals surface area contributed by atoms with Gasteiger partial charge in [0.1, 0.15) is 33.8 Å². The Morgan fingerprint density at radius 2 is 1.85 bits per heavy atom. The van der Waals surface area contributed by atoms with Crippen molar-refractivity contribution in [3.8, 4) is 5.75 Å². The van der Waals surface area contributed by atoms with E-state index < -0.39 is 9.84 Å². The van der Waals surface area contributed by atoms with Crippen molar-refractivity contribution in [2.75, 3.05) is 51.1 Å². The summed E-state index contributed by atoms with van der Waals surface area (Å²) in [5.41, 5.74) is 3.75. The maximum Gasteiger partial charge on any atom is 0.148 e. The number of anilines is 1. The van der Waals surface area contributed by atoms with Gasteiger partial charge in [-0.15, -0.1) is 0 Å². The molecule has 0 aliphatic carbocycles. The molecule has 0 saturated carbocycles. The van der Waals surface area contributed by atoms with Gasteiger partial charge < -0.3 is 25.6 Å². The zero-order valence-electron chi connectivity index (χ0n) is 22.6. The third kappa shape index (κ3) is 8.60. The third-order valence-electron chi connectivity index (χ3n) is 6.15. The number of hydrogen-bond donors (Lipinski definition) is 3. The van der Waals surface area contributed by atoms with Crippen LogP contribution in [-0.4, -0.2) is 70.5 Å². The largest absolute Gasteiger partial charge is 0.489 e. The summed E-state index contributed by atoms with van der Waals surface area (Å²) in [6, 6.07) is 17.8. The highest BCUT2D eigenvalue weighted by molar-refractivity contribution is 7.90. The summed E-state index contributed by atoms with van der Waals surface area (Å²) in [6.07, 6.45) is 7.59. The van der Waals surface area contributed by atoms with Crippen LogP contribution in [0.1, 0.15) is 12.0 Å². The molecule has 2 aromatic rings. The second-order valence-electron chi connectivity index (χ2n) is 9.38. The lowest BCUT2D eigenvalue weighted by Gasteiger charge is -2.30. The molecule has 11 heteroatoms. The van der Waals surface area contributed by atoms with Crippen LogP contribution >= 0.6 is 0 Å². The molecular weight excluding hydrogens is 516 g/mol. The number of fused-ring (bicyclic) bond motifs is 1. The fraction of sp³-hybridized carbons (Fsp3) is 0.321. The predicted octanol–water partition coefficient (Wildman–Crippen LogP) is 3.04. The zero-order valence-corrected chi connectivity index (χ0v) is 23.4.